The average Bonchev–Trinajstić information content (AvgIpc) is 3.84. The fourth-order valence-corrected chi connectivity index (χ4v) is 11.2. The molecule has 2 heteroatoms. The van der Waals surface area contributed by atoms with Gasteiger partial charge in [0.25, 0.3) is 0 Å². The molecule has 0 aromatic heterocycles. The Morgan fingerprint density at radius 1 is 0.328 bits per heavy atom. The molecule has 0 fully saturated rings. The van der Waals surface area contributed by atoms with E-state index in [-0.39, 0.29) is 10.8 Å². The number of nitrogens with two attached hydrogens (primary N) is 1. The summed E-state index contributed by atoms with van der Waals surface area (Å²) in [6, 6.07) is 91.9. The van der Waals surface area contributed by atoms with Crippen LogP contribution in [0.25, 0.3) is 22.3 Å². The maximum Gasteiger partial charge on any atom is 0.0713 e. The molecule has 12 rings (SSSR count). The molecule has 0 radical (unpaired) electrons. The van der Waals surface area contributed by atoms with E-state index in [9.17, 15) is 0 Å². The third kappa shape index (κ3) is 8.02. The fraction of sp³-hybridized carbons (Fsp3) is 0.0769. The van der Waals surface area contributed by atoms with Crippen LogP contribution in [0.4, 0.5) is 5.69 Å². The van der Waals surface area contributed by atoms with Crippen LogP contribution in [0.2, 0.25) is 0 Å². The smallest absolute Gasteiger partial charge is 0.0713 e. The van der Waals surface area contributed by atoms with Crippen LogP contribution < -0.4 is 5.73 Å². The zero-order valence-corrected chi connectivity index (χ0v) is 39.5. The van der Waals surface area contributed by atoms with Crippen molar-refractivity contribution in [3.05, 3.63) is 326 Å². The summed E-state index contributed by atoms with van der Waals surface area (Å²) < 4.78 is 1.10. The van der Waals surface area contributed by atoms with Crippen molar-refractivity contribution >= 4 is 21.6 Å². The monoisotopic (exact) mass is 925 g/mol. The van der Waals surface area contributed by atoms with Gasteiger partial charge in [0.1, 0.15) is 0 Å². The summed E-state index contributed by atoms with van der Waals surface area (Å²) in [7, 11) is 0. The molecule has 2 aliphatic carbocycles. The molecule has 0 amide bonds. The molecule has 1 nitrogen and oxygen atoms in total. The van der Waals surface area contributed by atoms with Crippen molar-refractivity contribution in [2.45, 2.75) is 31.1 Å². The van der Waals surface area contributed by atoms with Crippen molar-refractivity contribution in [2.24, 2.45) is 0 Å². The van der Waals surface area contributed by atoms with Gasteiger partial charge in [-0.05, 0) is 128 Å². The predicted molar refractivity (Wildman–Crippen MR) is 285 cm³/mol. The van der Waals surface area contributed by atoms with Crippen LogP contribution >= 0.6 is 15.9 Å². The first-order valence-corrected chi connectivity index (χ1v) is 23.9. The second kappa shape index (κ2) is 18.8. The fourth-order valence-electron chi connectivity index (χ4n) is 10.8. The summed E-state index contributed by atoms with van der Waals surface area (Å²) >= 11 is 3.69. The molecule has 0 aliphatic heterocycles. The Morgan fingerprint density at radius 2 is 0.687 bits per heavy atom. The number of fused-ring (bicyclic) bond motifs is 6. The first-order chi connectivity index (χ1) is 32.9. The van der Waals surface area contributed by atoms with E-state index in [4.69, 9.17) is 5.73 Å². The Kier molecular flexibility index (Phi) is 12.1. The van der Waals surface area contributed by atoms with Crippen LogP contribution in [0, 0.1) is 13.8 Å². The van der Waals surface area contributed by atoms with Crippen molar-refractivity contribution in [1.29, 1.82) is 0 Å². The summed E-state index contributed by atoms with van der Waals surface area (Å²) in [5, 5.41) is 0. The zero-order valence-electron chi connectivity index (χ0n) is 37.9. The third-order valence-electron chi connectivity index (χ3n) is 13.5. The molecule has 0 atom stereocenters. The quantitative estimate of drug-likeness (QED) is 0.165. The molecule has 0 bridgehead atoms. The first kappa shape index (κ1) is 43.4. The largest absolute Gasteiger partial charge is 0.399 e. The van der Waals surface area contributed by atoms with E-state index in [1.807, 2.05) is 31.2 Å². The van der Waals surface area contributed by atoms with Crippen LogP contribution in [0.1, 0.15) is 66.8 Å². The molecule has 10 aromatic rings. The number of aryl methyl sites for hydroxylation is 2. The van der Waals surface area contributed by atoms with Gasteiger partial charge in [-0.15, -0.1) is 0 Å². The number of halogens is 1. The Hall–Kier alpha value is -7.52. The van der Waals surface area contributed by atoms with Crippen LogP contribution in [0.3, 0.4) is 0 Å². The highest BCUT2D eigenvalue weighted by Crippen LogP contribution is 2.57. The van der Waals surface area contributed by atoms with Crippen molar-refractivity contribution < 1.29 is 0 Å². The molecule has 0 heterocycles. The maximum atomic E-state index is 5.46. The van der Waals surface area contributed by atoms with Gasteiger partial charge in [-0.1, -0.05) is 252 Å². The van der Waals surface area contributed by atoms with E-state index >= 15 is 0 Å². The number of rotatable bonds is 6. The van der Waals surface area contributed by atoms with E-state index in [2.05, 4.69) is 253 Å². The van der Waals surface area contributed by atoms with Gasteiger partial charge in [0, 0.05) is 10.2 Å². The molecule has 0 saturated heterocycles. The van der Waals surface area contributed by atoms with Gasteiger partial charge in [-0.2, -0.15) is 0 Å². The SMILES string of the molecule is Brc1cccc(C2(c3ccccc3)c3ccccc3-c3ccccc32)c1.Cc1cccc(Cc2cccc(C3(c4ccccc4)c4ccccc4-c4ccccc43)c2)c1.Cc1cccc(N)c1. The highest BCUT2D eigenvalue weighted by atomic mass is 79.9. The number of nitrogen functional groups attached to an aromatic ring is 1. The Bertz CT molecular complexity index is 3220. The Morgan fingerprint density at radius 3 is 1.10 bits per heavy atom. The molecule has 10 aromatic carbocycles. The molecular weight excluding hydrogens is 875 g/mol. The summed E-state index contributed by atoms with van der Waals surface area (Å²) in [5.41, 5.74) is 26.9. The van der Waals surface area contributed by atoms with Gasteiger partial charge in [-0.3, -0.25) is 0 Å². The lowest BCUT2D eigenvalue weighted by molar-refractivity contribution is 0.766. The van der Waals surface area contributed by atoms with E-state index in [1.54, 1.807) is 0 Å². The van der Waals surface area contributed by atoms with Crippen LogP contribution in [0.15, 0.2) is 259 Å². The minimum Gasteiger partial charge on any atom is -0.399 e. The van der Waals surface area contributed by atoms with E-state index < -0.39 is 0 Å². The summed E-state index contributed by atoms with van der Waals surface area (Å²) in [4.78, 5) is 0. The van der Waals surface area contributed by atoms with Gasteiger partial charge in [-0.25, -0.2) is 0 Å². The normalized spacial score (nSPS) is 13.1. The van der Waals surface area contributed by atoms with E-state index in [1.165, 1.54) is 89.0 Å². The van der Waals surface area contributed by atoms with Gasteiger partial charge in [0.2, 0.25) is 0 Å². The van der Waals surface area contributed by atoms with Crippen molar-refractivity contribution in [3.63, 3.8) is 0 Å². The standard InChI is InChI=1S/C33H26.C25H17Br.C7H9N/c1-24-11-9-12-25(21-24)22-26-13-10-16-28(23-26)33(27-14-3-2-4-15-27)31-19-7-5-17-29(31)30-18-6-8-20-32(30)33;26-20-12-8-11-19(17-20)25(18-9-2-1-3-10-18)23-15-6-4-13-21(23)22-14-5-7-16-24(22)25;1-6-3-2-4-7(8)5-6/h2-21,23H,22H2,1H3;1-17H;2-5H,8H2,1H3. The maximum absolute atomic E-state index is 5.46. The molecule has 2 N–H and O–H groups in total. The topological polar surface area (TPSA) is 26.0 Å². The minimum absolute atomic E-state index is 0.293. The molecule has 324 valence electrons. The predicted octanol–water partition coefficient (Wildman–Crippen LogP) is 16.3. The second-order valence-corrected chi connectivity index (χ2v) is 18.6. The highest BCUT2D eigenvalue weighted by Gasteiger charge is 2.47. The van der Waals surface area contributed by atoms with Gasteiger partial charge in [0.15, 0.2) is 0 Å². The van der Waals surface area contributed by atoms with Gasteiger partial charge in [0.05, 0.1) is 10.8 Å². The summed E-state index contributed by atoms with van der Waals surface area (Å²) in [6.07, 6.45) is 0.934. The molecule has 0 unspecified atom stereocenters. The Balaban J connectivity index is 0.000000137. The first-order valence-electron chi connectivity index (χ1n) is 23.1. The number of hydrogen-bond donors (Lipinski definition) is 1. The number of benzene rings is 10. The average molecular weight is 927 g/mol. The number of hydrogen-bond acceptors (Lipinski definition) is 1. The van der Waals surface area contributed by atoms with Crippen molar-refractivity contribution in [2.75, 3.05) is 5.73 Å². The summed E-state index contributed by atoms with van der Waals surface area (Å²) in [5.74, 6) is 0. The lowest BCUT2D eigenvalue weighted by Gasteiger charge is -2.34. The lowest BCUT2D eigenvalue weighted by atomic mass is 9.67. The molecule has 0 spiro atoms. The number of anilines is 1. The van der Waals surface area contributed by atoms with Gasteiger partial charge >= 0.3 is 0 Å². The molecular formula is C65H52BrN. The lowest BCUT2D eigenvalue weighted by Crippen LogP contribution is -2.28. The van der Waals surface area contributed by atoms with Crippen molar-refractivity contribution in [1.82, 2.24) is 0 Å². The highest BCUT2D eigenvalue weighted by molar-refractivity contribution is 9.10. The van der Waals surface area contributed by atoms with Gasteiger partial charge < -0.3 is 5.73 Å². The van der Waals surface area contributed by atoms with Crippen LogP contribution in [0.5, 0.6) is 0 Å². The van der Waals surface area contributed by atoms with Crippen molar-refractivity contribution in [3.8, 4) is 22.3 Å². The van der Waals surface area contributed by atoms with Crippen LogP contribution in [-0.4, -0.2) is 0 Å². The molecule has 67 heavy (non-hydrogen) atoms. The third-order valence-corrected chi connectivity index (χ3v) is 14.0. The van der Waals surface area contributed by atoms with E-state index in [0.29, 0.717) is 0 Å². The van der Waals surface area contributed by atoms with E-state index in [0.717, 1.165) is 16.6 Å². The zero-order chi connectivity index (χ0) is 45.8. The summed E-state index contributed by atoms with van der Waals surface area (Å²) in [6.45, 7) is 4.19. The molecule has 0 saturated carbocycles. The second-order valence-electron chi connectivity index (χ2n) is 17.7. The van der Waals surface area contributed by atoms with Crippen LogP contribution in [-0.2, 0) is 17.3 Å². The molecule has 2 aliphatic rings. The minimum atomic E-state index is -0.322. The Labute approximate surface area is 404 Å².